The molecule has 4 heteroatoms. The van der Waals surface area contributed by atoms with Gasteiger partial charge in [0.15, 0.2) is 0 Å². The van der Waals surface area contributed by atoms with E-state index in [1.807, 2.05) is 18.3 Å². The average Bonchev–Trinajstić information content (AvgIpc) is 3.03. The van der Waals surface area contributed by atoms with Crippen molar-refractivity contribution >= 4 is 16.9 Å². The van der Waals surface area contributed by atoms with Gasteiger partial charge >= 0.3 is 5.97 Å². The van der Waals surface area contributed by atoms with Gasteiger partial charge in [-0.25, -0.2) is 4.79 Å². The van der Waals surface area contributed by atoms with Gasteiger partial charge in [0, 0.05) is 30.1 Å². The quantitative estimate of drug-likeness (QED) is 0.911. The molecule has 96 valence electrons. The molecule has 0 radical (unpaired) electrons. The summed E-state index contributed by atoms with van der Waals surface area (Å²) < 4.78 is 2.08. The number of hydrogen-bond acceptors (Lipinski definition) is 2. The normalized spacial score (nSPS) is 16.2. The van der Waals surface area contributed by atoms with Gasteiger partial charge in [0.05, 0.1) is 11.6 Å². The molecule has 19 heavy (non-hydrogen) atoms. The Balaban J connectivity index is 1.98. The first kappa shape index (κ1) is 11.8. The Kier molecular flexibility index (Phi) is 2.56. The molecular weight excluding hydrogens is 240 g/mol. The molecule has 1 fully saturated rings. The van der Waals surface area contributed by atoms with E-state index in [2.05, 4.69) is 10.6 Å². The number of nitriles is 1. The lowest BCUT2D eigenvalue weighted by molar-refractivity contribution is 0.0697. The van der Waals surface area contributed by atoms with Crippen LogP contribution in [0.25, 0.3) is 10.9 Å². The van der Waals surface area contributed by atoms with Crippen molar-refractivity contribution in [3.8, 4) is 6.07 Å². The molecule has 1 aliphatic carbocycles. The molecular formula is C15H14N2O2. The highest BCUT2D eigenvalue weighted by atomic mass is 16.4. The summed E-state index contributed by atoms with van der Waals surface area (Å²) >= 11 is 0. The van der Waals surface area contributed by atoms with Crippen LogP contribution >= 0.6 is 0 Å². The summed E-state index contributed by atoms with van der Waals surface area (Å²) in [4.78, 5) is 11.0. The SMILES string of the molecule is N#CCC1(Cn2ccc3ccc(C(=O)O)cc32)CC1. The minimum Gasteiger partial charge on any atom is -0.478 e. The molecule has 0 saturated heterocycles. The number of rotatable bonds is 4. The minimum absolute atomic E-state index is 0.111. The van der Waals surface area contributed by atoms with Crippen molar-refractivity contribution in [2.24, 2.45) is 5.41 Å². The number of aromatic nitrogens is 1. The van der Waals surface area contributed by atoms with Crippen LogP contribution in [-0.4, -0.2) is 15.6 Å². The van der Waals surface area contributed by atoms with Crippen LogP contribution < -0.4 is 0 Å². The first-order chi connectivity index (χ1) is 9.13. The second kappa shape index (κ2) is 4.13. The maximum absolute atomic E-state index is 11.0. The van der Waals surface area contributed by atoms with Gasteiger partial charge < -0.3 is 9.67 Å². The van der Waals surface area contributed by atoms with E-state index >= 15 is 0 Å². The van der Waals surface area contributed by atoms with Gasteiger partial charge in [0.2, 0.25) is 0 Å². The van der Waals surface area contributed by atoms with Crippen LogP contribution in [0, 0.1) is 16.7 Å². The van der Waals surface area contributed by atoms with Crippen LogP contribution in [0.4, 0.5) is 0 Å². The number of carboxylic acid groups (broad SMARTS) is 1. The van der Waals surface area contributed by atoms with E-state index in [0.717, 1.165) is 30.3 Å². The Labute approximate surface area is 110 Å². The Hall–Kier alpha value is -2.28. The fraction of sp³-hybridized carbons (Fsp3) is 0.333. The van der Waals surface area contributed by atoms with E-state index < -0.39 is 5.97 Å². The molecule has 0 spiro atoms. The molecule has 2 aromatic rings. The fourth-order valence-corrected chi connectivity index (χ4v) is 2.55. The molecule has 1 aromatic carbocycles. The summed E-state index contributed by atoms with van der Waals surface area (Å²) in [5.74, 6) is -0.909. The van der Waals surface area contributed by atoms with E-state index in [0.29, 0.717) is 12.0 Å². The summed E-state index contributed by atoms with van der Waals surface area (Å²) in [6.07, 6.45) is 4.72. The lowest BCUT2D eigenvalue weighted by Gasteiger charge is -2.13. The Morgan fingerprint density at radius 3 is 2.84 bits per heavy atom. The molecule has 3 rings (SSSR count). The van der Waals surface area contributed by atoms with Crippen molar-refractivity contribution < 1.29 is 9.90 Å². The third kappa shape index (κ3) is 2.08. The monoisotopic (exact) mass is 254 g/mol. The van der Waals surface area contributed by atoms with Crippen molar-refractivity contribution in [1.82, 2.24) is 4.57 Å². The average molecular weight is 254 g/mol. The standard InChI is InChI=1S/C15H14N2O2/c16-7-6-15(4-5-15)10-17-8-3-11-1-2-12(14(18)19)9-13(11)17/h1-3,8-9H,4-6,10H2,(H,18,19). The lowest BCUT2D eigenvalue weighted by Crippen LogP contribution is -2.10. The van der Waals surface area contributed by atoms with Crippen molar-refractivity contribution in [3.63, 3.8) is 0 Å². The van der Waals surface area contributed by atoms with Gasteiger partial charge in [-0.05, 0) is 36.4 Å². The van der Waals surface area contributed by atoms with Crippen LogP contribution in [0.3, 0.4) is 0 Å². The molecule has 1 heterocycles. The number of carboxylic acids is 1. The number of aromatic carboxylic acids is 1. The molecule has 1 N–H and O–H groups in total. The predicted molar refractivity (Wildman–Crippen MR) is 70.8 cm³/mol. The van der Waals surface area contributed by atoms with Crippen LogP contribution in [0.1, 0.15) is 29.6 Å². The largest absolute Gasteiger partial charge is 0.478 e. The number of benzene rings is 1. The van der Waals surface area contributed by atoms with E-state index in [4.69, 9.17) is 10.4 Å². The molecule has 0 unspecified atom stereocenters. The number of carbonyl (C=O) groups is 1. The summed E-state index contributed by atoms with van der Waals surface area (Å²) in [6.45, 7) is 0.799. The molecule has 1 aliphatic rings. The third-order valence-electron chi connectivity index (χ3n) is 3.94. The number of fused-ring (bicyclic) bond motifs is 1. The van der Waals surface area contributed by atoms with Crippen LogP contribution in [0.5, 0.6) is 0 Å². The Morgan fingerprint density at radius 1 is 1.42 bits per heavy atom. The maximum atomic E-state index is 11.0. The summed E-state index contributed by atoms with van der Waals surface area (Å²) in [7, 11) is 0. The first-order valence-corrected chi connectivity index (χ1v) is 6.33. The zero-order valence-corrected chi connectivity index (χ0v) is 10.5. The van der Waals surface area contributed by atoms with Gasteiger partial charge in [-0.1, -0.05) is 6.07 Å². The topological polar surface area (TPSA) is 66.0 Å². The summed E-state index contributed by atoms with van der Waals surface area (Å²) in [5.41, 5.74) is 1.35. The van der Waals surface area contributed by atoms with Crippen molar-refractivity contribution in [1.29, 1.82) is 5.26 Å². The summed E-state index contributed by atoms with van der Waals surface area (Å²) in [5, 5.41) is 19.0. The third-order valence-corrected chi connectivity index (χ3v) is 3.94. The second-order valence-corrected chi connectivity index (χ2v) is 5.36. The zero-order chi connectivity index (χ0) is 13.5. The van der Waals surface area contributed by atoms with Crippen LogP contribution in [0.2, 0.25) is 0 Å². The summed E-state index contributed by atoms with van der Waals surface area (Å²) in [6, 6.07) is 9.41. The van der Waals surface area contributed by atoms with E-state index in [-0.39, 0.29) is 5.41 Å². The Morgan fingerprint density at radius 2 is 2.21 bits per heavy atom. The number of nitrogens with zero attached hydrogens (tertiary/aromatic N) is 2. The van der Waals surface area contributed by atoms with Gasteiger partial charge in [-0.15, -0.1) is 0 Å². The highest BCUT2D eigenvalue weighted by Crippen LogP contribution is 2.50. The van der Waals surface area contributed by atoms with Gasteiger partial charge in [-0.3, -0.25) is 0 Å². The highest BCUT2D eigenvalue weighted by Gasteiger charge is 2.42. The Bertz CT molecular complexity index is 690. The van der Waals surface area contributed by atoms with Gasteiger partial charge in [0.25, 0.3) is 0 Å². The molecule has 0 aliphatic heterocycles. The zero-order valence-electron chi connectivity index (χ0n) is 10.5. The van der Waals surface area contributed by atoms with Gasteiger partial charge in [-0.2, -0.15) is 5.26 Å². The van der Waals surface area contributed by atoms with Crippen molar-refractivity contribution in [2.45, 2.75) is 25.8 Å². The van der Waals surface area contributed by atoms with Crippen molar-refractivity contribution in [3.05, 3.63) is 36.0 Å². The maximum Gasteiger partial charge on any atom is 0.335 e. The number of hydrogen-bond donors (Lipinski definition) is 1. The highest BCUT2D eigenvalue weighted by molar-refractivity contribution is 5.93. The minimum atomic E-state index is -0.909. The predicted octanol–water partition coefficient (Wildman–Crippen LogP) is 3.03. The molecule has 4 nitrogen and oxygen atoms in total. The smallest absolute Gasteiger partial charge is 0.335 e. The van der Waals surface area contributed by atoms with E-state index in [1.54, 1.807) is 12.1 Å². The van der Waals surface area contributed by atoms with Crippen molar-refractivity contribution in [2.75, 3.05) is 0 Å². The van der Waals surface area contributed by atoms with Gasteiger partial charge in [0.1, 0.15) is 0 Å². The van der Waals surface area contributed by atoms with Crippen LogP contribution in [0.15, 0.2) is 30.5 Å². The molecule has 0 bridgehead atoms. The molecule has 1 aromatic heterocycles. The van der Waals surface area contributed by atoms with E-state index in [1.165, 1.54) is 0 Å². The molecule has 1 saturated carbocycles. The molecule has 0 amide bonds. The lowest BCUT2D eigenvalue weighted by atomic mass is 10.0. The van der Waals surface area contributed by atoms with E-state index in [9.17, 15) is 4.79 Å². The molecule has 0 atom stereocenters. The first-order valence-electron chi connectivity index (χ1n) is 6.33. The fourth-order valence-electron chi connectivity index (χ4n) is 2.55. The second-order valence-electron chi connectivity index (χ2n) is 5.36. The van der Waals surface area contributed by atoms with Crippen LogP contribution in [-0.2, 0) is 6.54 Å².